The minimum atomic E-state index is -0.718. The Balaban J connectivity index is 0.000000159. The molecule has 0 fully saturated rings. The second kappa shape index (κ2) is 37.6. The quantitative estimate of drug-likeness (QED) is 0.0557. The normalized spacial score (nSPS) is 11.5. The number of aryl methyl sites for hydroxylation is 4. The Hall–Kier alpha value is -18.0. The summed E-state index contributed by atoms with van der Waals surface area (Å²) in [5.41, 5.74) is 26.4. The fourth-order valence-corrected chi connectivity index (χ4v) is 20.5. The Bertz CT molecular complexity index is 8450. The molecule has 0 spiro atoms. The molecule has 0 saturated heterocycles. The Morgan fingerprint density at radius 2 is 0.333 bits per heavy atom. The first-order valence-corrected chi connectivity index (χ1v) is 47.8. The highest BCUT2D eigenvalue weighted by Gasteiger charge is 2.30. The van der Waals surface area contributed by atoms with Crippen molar-refractivity contribution in [3.05, 3.63) is 530 Å². The molecule has 0 aromatic heterocycles. The van der Waals surface area contributed by atoms with E-state index in [2.05, 4.69) is 295 Å². The Labute approximate surface area is 828 Å². The Kier molecular flexibility index (Phi) is 23.5. The molecule has 0 amide bonds. The SMILES string of the molecule is Cc1ccc(-c2cc(-c3ccccc3)cc(N(c3cc(F)cc(F)c3)c3ccc4ccc5c(N(c6cc(F)cc(F)c6)c6cc(-c7ccccc7)cc(-c7ccc(C)cc7)c6)ccc6ccc3c4c65)c2)cc1.Cc1ccc(-c2cc(-c3ccccc3)cc(N(c3ccc(F)cc3F)c3ccc4ccc5c(N(c6cc(-c7ccccc7)cc(-c7ccc(C)cc7)c6)c6ccc(F)cc6F)ccc6ccc3c4c65)c2)cc1. The van der Waals surface area contributed by atoms with Crippen LogP contribution < -0.4 is 19.6 Å². The van der Waals surface area contributed by atoms with E-state index in [4.69, 9.17) is 0 Å². The third-order valence-electron chi connectivity index (χ3n) is 27.4. The number of nitrogens with zero attached hydrogens (tertiary/aromatic N) is 4. The Morgan fingerprint density at radius 1 is 0.139 bits per heavy atom. The summed E-state index contributed by atoms with van der Waals surface area (Å²) < 4.78 is 125. The van der Waals surface area contributed by atoms with Crippen molar-refractivity contribution in [3.63, 3.8) is 0 Å². The summed E-state index contributed by atoms with van der Waals surface area (Å²) in [4.78, 5) is 7.64. The zero-order chi connectivity index (χ0) is 98.1. The molecule has 0 aliphatic rings. The molecular weight excluding hydrogens is 1790 g/mol. The first-order chi connectivity index (χ1) is 70.2. The predicted octanol–water partition coefficient (Wildman–Crippen LogP) is 38.7. The summed E-state index contributed by atoms with van der Waals surface area (Å²) in [5, 5.41) is 10.8. The van der Waals surface area contributed by atoms with E-state index < -0.39 is 46.5 Å². The van der Waals surface area contributed by atoms with Crippen LogP contribution in [0.5, 0.6) is 0 Å². The number of benzene rings is 24. The largest absolute Gasteiger partial charge is 0.310 e. The van der Waals surface area contributed by atoms with Gasteiger partial charge >= 0.3 is 0 Å². The van der Waals surface area contributed by atoms with Crippen molar-refractivity contribution in [2.75, 3.05) is 19.6 Å². The van der Waals surface area contributed by atoms with Gasteiger partial charge in [0.2, 0.25) is 0 Å². The number of hydrogen-bond donors (Lipinski definition) is 0. The lowest BCUT2D eigenvalue weighted by Gasteiger charge is -2.30. The van der Waals surface area contributed by atoms with Gasteiger partial charge in [-0.25, -0.2) is 35.1 Å². The van der Waals surface area contributed by atoms with E-state index in [9.17, 15) is 8.78 Å². The molecule has 24 rings (SSSR count). The number of anilines is 12. The molecule has 0 radical (unpaired) electrons. The number of rotatable bonds is 20. The van der Waals surface area contributed by atoms with E-state index in [0.29, 0.717) is 56.9 Å². The minimum absolute atomic E-state index is 0.174. The maximum absolute atomic E-state index is 16.6. The van der Waals surface area contributed by atoms with Gasteiger partial charge in [-0.2, -0.15) is 0 Å². The zero-order valence-corrected chi connectivity index (χ0v) is 78.7. The molecule has 4 nitrogen and oxygen atoms in total. The predicted molar refractivity (Wildman–Crippen MR) is 581 cm³/mol. The van der Waals surface area contributed by atoms with Gasteiger partial charge in [0.15, 0.2) is 0 Å². The molecular formula is C132H88F8N4. The number of hydrogen-bond acceptors (Lipinski definition) is 4. The first kappa shape index (κ1) is 89.9. The van der Waals surface area contributed by atoms with E-state index in [1.165, 1.54) is 48.5 Å². The highest BCUT2D eigenvalue weighted by molar-refractivity contribution is 6.30. The summed E-state index contributed by atoms with van der Waals surface area (Å²) in [6.45, 7) is 8.21. The molecule has 0 N–H and O–H groups in total. The van der Waals surface area contributed by atoms with Crippen LogP contribution in [0.15, 0.2) is 461 Å². The summed E-state index contributed by atoms with van der Waals surface area (Å²) in [7, 11) is 0. The molecule has 0 unspecified atom stereocenters. The molecule has 12 heteroatoms. The molecule has 0 atom stereocenters. The monoisotopic (exact) mass is 1880 g/mol. The average molecular weight is 1880 g/mol. The first-order valence-electron chi connectivity index (χ1n) is 47.8. The summed E-state index contributed by atoms with van der Waals surface area (Å²) in [5.74, 6) is -5.61. The highest BCUT2D eigenvalue weighted by atomic mass is 19.2. The molecule has 24 aromatic rings. The van der Waals surface area contributed by atoms with Crippen LogP contribution in [-0.2, 0) is 0 Å². The van der Waals surface area contributed by atoms with Crippen molar-refractivity contribution in [2.24, 2.45) is 0 Å². The summed E-state index contributed by atoms with van der Waals surface area (Å²) in [6, 6.07) is 146. The van der Waals surface area contributed by atoms with Crippen LogP contribution >= 0.6 is 0 Å². The minimum Gasteiger partial charge on any atom is -0.310 e. The van der Waals surface area contributed by atoms with Crippen LogP contribution in [0.3, 0.4) is 0 Å². The van der Waals surface area contributed by atoms with Crippen LogP contribution in [-0.4, -0.2) is 0 Å². The second-order valence-corrected chi connectivity index (χ2v) is 37.0. The number of halogens is 8. The lowest BCUT2D eigenvalue weighted by atomic mass is 9.91. The van der Waals surface area contributed by atoms with E-state index in [1.54, 1.807) is 0 Å². The lowest BCUT2D eigenvalue weighted by molar-refractivity contribution is 0.583. The van der Waals surface area contributed by atoms with Crippen LogP contribution in [0.25, 0.3) is 154 Å². The highest BCUT2D eigenvalue weighted by Crippen LogP contribution is 2.54. The molecule has 0 aliphatic heterocycles. The van der Waals surface area contributed by atoms with Gasteiger partial charge in [0.05, 0.1) is 45.5 Å². The smallest absolute Gasteiger partial charge is 0.150 e. The standard InChI is InChI=1S/2C66H44F4N2/c1-41-13-17-45(18-14-41)51-33-49(43-9-5-3-6-10-43)35-55(37-51)71(63-31-25-53(67)39-59(63)69)61-29-23-47-22-28-58-62(30-24-48-21-27-57(61)65(47)66(48)58)72(64-32-26-54(68)40-60(64)70)56-36-50(44-11-7-4-8-12-44)34-52(38-56)46-19-15-42(2)16-20-46;1-41-13-17-45(18-14-41)51-29-49(43-9-5-3-6-10-43)31-57(33-51)71(59-37-53(67)35-54(68)38-59)63-27-23-47-22-26-62-64(28-24-48-21-25-61(63)65(47)66(48)62)72(60-39-55(69)36-56(70)40-60)58-32-50(44-11-7-4-8-12-44)30-52(34-58)46-19-15-42(2)16-20-46/h2*3-40H,1-2H3. The van der Waals surface area contributed by atoms with Gasteiger partial charge in [0, 0.05) is 68.6 Å². The van der Waals surface area contributed by atoms with Crippen molar-refractivity contribution in [1.82, 2.24) is 0 Å². The molecule has 144 heavy (non-hydrogen) atoms. The molecule has 24 aromatic carbocycles. The van der Waals surface area contributed by atoms with Crippen LogP contribution in [0.2, 0.25) is 0 Å². The lowest BCUT2D eigenvalue weighted by Crippen LogP contribution is -2.14. The van der Waals surface area contributed by atoms with Crippen molar-refractivity contribution in [3.8, 4) is 89.0 Å². The van der Waals surface area contributed by atoms with E-state index >= 15 is 26.3 Å². The van der Waals surface area contributed by atoms with Crippen molar-refractivity contribution >= 4 is 133 Å². The topological polar surface area (TPSA) is 13.0 Å². The second-order valence-electron chi connectivity index (χ2n) is 37.0. The Morgan fingerprint density at radius 3 is 0.562 bits per heavy atom. The fraction of sp³-hybridized carbons (Fsp3) is 0.0303. The van der Waals surface area contributed by atoms with Crippen LogP contribution in [0.4, 0.5) is 103 Å². The van der Waals surface area contributed by atoms with Gasteiger partial charge < -0.3 is 19.6 Å². The van der Waals surface area contributed by atoms with E-state index in [0.717, 1.165) is 200 Å². The third-order valence-corrected chi connectivity index (χ3v) is 27.4. The molecule has 0 saturated carbocycles. The van der Waals surface area contributed by atoms with Gasteiger partial charge in [0.25, 0.3) is 0 Å². The van der Waals surface area contributed by atoms with Crippen molar-refractivity contribution < 1.29 is 35.1 Å². The molecule has 692 valence electrons. The van der Waals surface area contributed by atoms with Gasteiger partial charge in [-0.05, 0) is 305 Å². The fourth-order valence-electron chi connectivity index (χ4n) is 20.5. The maximum atomic E-state index is 16.6. The van der Waals surface area contributed by atoms with E-state index in [-0.39, 0.29) is 11.4 Å². The van der Waals surface area contributed by atoms with Crippen molar-refractivity contribution in [1.29, 1.82) is 0 Å². The molecule has 0 aliphatic carbocycles. The molecule has 0 heterocycles. The van der Waals surface area contributed by atoms with Crippen molar-refractivity contribution in [2.45, 2.75) is 27.7 Å². The van der Waals surface area contributed by atoms with Crippen LogP contribution in [0.1, 0.15) is 22.3 Å². The van der Waals surface area contributed by atoms with Gasteiger partial charge in [0.1, 0.15) is 46.5 Å². The van der Waals surface area contributed by atoms with Gasteiger partial charge in [-0.1, -0.05) is 313 Å². The van der Waals surface area contributed by atoms with Gasteiger partial charge in [-0.3, -0.25) is 0 Å². The average Bonchev–Trinajstić information content (AvgIpc) is 0.716. The summed E-state index contributed by atoms with van der Waals surface area (Å²) in [6.07, 6.45) is 0. The maximum Gasteiger partial charge on any atom is 0.150 e. The molecule has 0 bridgehead atoms. The van der Waals surface area contributed by atoms with Gasteiger partial charge in [-0.15, -0.1) is 0 Å². The van der Waals surface area contributed by atoms with E-state index in [1.807, 2.05) is 141 Å². The third kappa shape index (κ3) is 17.4. The zero-order valence-electron chi connectivity index (χ0n) is 78.7. The summed E-state index contributed by atoms with van der Waals surface area (Å²) >= 11 is 0. The van der Waals surface area contributed by atoms with Crippen LogP contribution in [0, 0.1) is 74.2 Å².